The molecule has 0 radical (unpaired) electrons. The van der Waals surface area contributed by atoms with Gasteiger partial charge in [0, 0.05) is 24.9 Å². The number of ether oxygens (including phenoxy) is 1. The Morgan fingerprint density at radius 2 is 2.23 bits per heavy atom. The summed E-state index contributed by atoms with van der Waals surface area (Å²) in [4.78, 5) is 8.32. The van der Waals surface area contributed by atoms with Crippen molar-refractivity contribution >= 4 is 10.0 Å². The fourth-order valence-electron chi connectivity index (χ4n) is 2.97. The number of hydrogen-bond acceptors (Lipinski definition) is 8. The zero-order valence-corrected chi connectivity index (χ0v) is 15.1. The summed E-state index contributed by atoms with van der Waals surface area (Å²) >= 11 is 0. The van der Waals surface area contributed by atoms with Gasteiger partial charge in [0.2, 0.25) is 15.9 Å². The van der Waals surface area contributed by atoms with E-state index < -0.39 is 15.6 Å². The lowest BCUT2D eigenvalue weighted by atomic mass is 10.0. The van der Waals surface area contributed by atoms with Crippen LogP contribution in [-0.2, 0) is 15.6 Å². The monoisotopic (exact) mass is 380 g/mol. The zero-order valence-electron chi connectivity index (χ0n) is 14.3. The van der Waals surface area contributed by atoms with E-state index in [0.29, 0.717) is 24.2 Å². The highest BCUT2D eigenvalue weighted by Gasteiger charge is 2.47. The van der Waals surface area contributed by atoms with Crippen molar-refractivity contribution < 1.29 is 22.8 Å². The Morgan fingerprint density at radius 3 is 2.88 bits per heavy atom. The summed E-state index contributed by atoms with van der Waals surface area (Å²) in [5.74, 6) is 1.34. The van der Waals surface area contributed by atoms with E-state index in [9.17, 15) is 13.5 Å². The molecule has 1 aliphatic heterocycles. The van der Waals surface area contributed by atoms with Gasteiger partial charge in [-0.3, -0.25) is 0 Å². The number of aromatic nitrogens is 3. The topological polar surface area (TPSA) is 119 Å². The minimum Gasteiger partial charge on any atom is -0.478 e. The van der Waals surface area contributed by atoms with Gasteiger partial charge in [0.15, 0.2) is 11.4 Å². The minimum absolute atomic E-state index is 0.0504. The molecule has 10 heteroatoms. The maximum absolute atomic E-state index is 12.8. The number of rotatable bonds is 6. The summed E-state index contributed by atoms with van der Waals surface area (Å²) in [6, 6.07) is 2.96. The normalized spacial score (nSPS) is 24.1. The summed E-state index contributed by atoms with van der Waals surface area (Å²) in [6.07, 6.45) is 3.49. The molecule has 1 N–H and O–H groups in total. The van der Waals surface area contributed by atoms with Gasteiger partial charge >= 0.3 is 0 Å². The minimum atomic E-state index is -3.78. The van der Waals surface area contributed by atoms with E-state index in [1.807, 2.05) is 6.92 Å². The highest BCUT2D eigenvalue weighted by Crippen LogP contribution is 2.40. The lowest BCUT2D eigenvalue weighted by molar-refractivity contribution is 0.0194. The molecule has 1 saturated heterocycles. The van der Waals surface area contributed by atoms with Gasteiger partial charge in [0.25, 0.3) is 5.89 Å². The molecule has 4 rings (SSSR count). The maximum atomic E-state index is 12.8. The molecule has 2 aromatic rings. The number of pyridine rings is 1. The Bertz CT molecular complexity index is 894. The number of nitrogens with zero attached hydrogens (tertiary/aromatic N) is 4. The number of aliphatic hydroxyl groups is 1. The van der Waals surface area contributed by atoms with Gasteiger partial charge in [-0.25, -0.2) is 13.4 Å². The third-order valence-electron chi connectivity index (χ3n) is 4.63. The van der Waals surface area contributed by atoms with Gasteiger partial charge in [0.05, 0.1) is 19.3 Å². The lowest BCUT2D eigenvalue weighted by Gasteiger charge is -2.19. The standard InChI is InChI=1S/C16H20N4O5S/c1-2-24-13-6-5-12(9-17-13)26(22,23)20-8-7-16(21,10-20)15-18-14(19-25-15)11-3-4-11/h5-6,9,11,21H,2-4,7-8,10H2,1H3/t16-/m1/s1. The first kappa shape index (κ1) is 17.4. The van der Waals surface area contributed by atoms with Gasteiger partial charge in [-0.15, -0.1) is 0 Å². The SMILES string of the molecule is CCOc1ccc(S(=O)(=O)N2CC[C@](O)(c3nc(C4CC4)no3)C2)cn1. The number of hydrogen-bond donors (Lipinski definition) is 1. The van der Waals surface area contributed by atoms with Crippen LogP contribution in [0, 0.1) is 0 Å². The van der Waals surface area contributed by atoms with Crippen LogP contribution in [-0.4, -0.2) is 52.7 Å². The average Bonchev–Trinajstić information content (AvgIpc) is 3.19. The van der Waals surface area contributed by atoms with Crippen LogP contribution in [0.2, 0.25) is 0 Å². The summed E-state index contributed by atoms with van der Waals surface area (Å²) in [5.41, 5.74) is -1.47. The van der Waals surface area contributed by atoms with Crippen molar-refractivity contribution in [3.8, 4) is 5.88 Å². The molecule has 2 aromatic heterocycles. The quantitative estimate of drug-likeness (QED) is 0.789. The van der Waals surface area contributed by atoms with E-state index in [-0.39, 0.29) is 30.3 Å². The molecule has 1 saturated carbocycles. The summed E-state index contributed by atoms with van der Waals surface area (Å²) in [6.45, 7) is 2.30. The van der Waals surface area contributed by atoms with Crippen LogP contribution in [0.1, 0.15) is 43.8 Å². The van der Waals surface area contributed by atoms with Crippen LogP contribution in [0.5, 0.6) is 5.88 Å². The first-order valence-corrected chi connectivity index (χ1v) is 10.0. The van der Waals surface area contributed by atoms with Gasteiger partial charge < -0.3 is 14.4 Å². The molecular formula is C16H20N4O5S. The van der Waals surface area contributed by atoms with Crippen LogP contribution in [0.15, 0.2) is 27.7 Å². The molecule has 0 spiro atoms. The van der Waals surface area contributed by atoms with Gasteiger partial charge in [0.1, 0.15) is 4.90 Å². The molecular weight excluding hydrogens is 360 g/mol. The van der Waals surface area contributed by atoms with Crippen LogP contribution >= 0.6 is 0 Å². The number of sulfonamides is 1. The van der Waals surface area contributed by atoms with Crippen LogP contribution < -0.4 is 4.74 Å². The molecule has 0 unspecified atom stereocenters. The fourth-order valence-corrected chi connectivity index (χ4v) is 4.41. The predicted octanol–water partition coefficient (Wildman–Crippen LogP) is 1.02. The van der Waals surface area contributed by atoms with E-state index in [0.717, 1.165) is 12.8 Å². The Balaban J connectivity index is 1.52. The Morgan fingerprint density at radius 1 is 1.42 bits per heavy atom. The molecule has 26 heavy (non-hydrogen) atoms. The molecule has 2 fully saturated rings. The van der Waals surface area contributed by atoms with Crippen LogP contribution in [0.25, 0.3) is 0 Å². The molecule has 2 aliphatic rings. The van der Waals surface area contributed by atoms with Crippen LogP contribution in [0.4, 0.5) is 0 Å². The Labute approximate surface area is 151 Å². The third-order valence-corrected chi connectivity index (χ3v) is 6.46. The molecule has 0 amide bonds. The smallest absolute Gasteiger partial charge is 0.260 e. The van der Waals surface area contributed by atoms with Crippen molar-refractivity contribution in [1.29, 1.82) is 0 Å². The fraction of sp³-hybridized carbons (Fsp3) is 0.562. The largest absolute Gasteiger partial charge is 0.478 e. The van der Waals surface area contributed by atoms with E-state index in [1.165, 1.54) is 22.6 Å². The highest BCUT2D eigenvalue weighted by molar-refractivity contribution is 7.89. The third kappa shape index (κ3) is 3.08. The predicted molar refractivity (Wildman–Crippen MR) is 89.0 cm³/mol. The molecule has 3 heterocycles. The van der Waals surface area contributed by atoms with Crippen molar-refractivity contribution in [1.82, 2.24) is 19.4 Å². The van der Waals surface area contributed by atoms with Crippen molar-refractivity contribution in [2.24, 2.45) is 0 Å². The zero-order chi connectivity index (χ0) is 18.4. The second kappa shape index (κ2) is 6.29. The molecule has 0 aromatic carbocycles. The molecule has 140 valence electrons. The average molecular weight is 380 g/mol. The van der Waals surface area contributed by atoms with E-state index in [2.05, 4.69) is 15.1 Å². The molecule has 0 bridgehead atoms. The second-order valence-electron chi connectivity index (χ2n) is 6.62. The van der Waals surface area contributed by atoms with Gasteiger partial charge in [-0.1, -0.05) is 5.16 Å². The molecule has 1 aliphatic carbocycles. The maximum Gasteiger partial charge on any atom is 0.260 e. The second-order valence-corrected chi connectivity index (χ2v) is 8.56. The first-order chi connectivity index (χ1) is 12.4. The highest BCUT2D eigenvalue weighted by atomic mass is 32.2. The summed E-state index contributed by atoms with van der Waals surface area (Å²) < 4.78 is 37.3. The van der Waals surface area contributed by atoms with Crippen molar-refractivity contribution in [2.75, 3.05) is 19.7 Å². The lowest BCUT2D eigenvalue weighted by Crippen LogP contribution is -2.34. The van der Waals surface area contributed by atoms with Crippen molar-refractivity contribution in [2.45, 2.75) is 42.6 Å². The molecule has 1 atom stereocenters. The van der Waals surface area contributed by atoms with Crippen LogP contribution in [0.3, 0.4) is 0 Å². The summed E-state index contributed by atoms with van der Waals surface area (Å²) in [5, 5.41) is 14.7. The van der Waals surface area contributed by atoms with Gasteiger partial charge in [-0.2, -0.15) is 9.29 Å². The van der Waals surface area contributed by atoms with Crippen molar-refractivity contribution in [3.05, 3.63) is 30.0 Å². The first-order valence-electron chi connectivity index (χ1n) is 8.58. The molecule has 9 nitrogen and oxygen atoms in total. The Kier molecular flexibility index (Phi) is 4.20. The van der Waals surface area contributed by atoms with E-state index >= 15 is 0 Å². The van der Waals surface area contributed by atoms with E-state index in [4.69, 9.17) is 9.26 Å². The summed E-state index contributed by atoms with van der Waals surface area (Å²) in [7, 11) is -3.78. The van der Waals surface area contributed by atoms with Crippen molar-refractivity contribution in [3.63, 3.8) is 0 Å². The van der Waals surface area contributed by atoms with E-state index in [1.54, 1.807) is 0 Å². The van der Waals surface area contributed by atoms with Gasteiger partial charge in [-0.05, 0) is 25.8 Å². The number of β-amino-alcohol motifs (C(OH)–C–C–N with tert-alkyl or cyclic N) is 1. The Hall–Kier alpha value is -2.04.